The molecular weight excluding hydrogens is 318 g/mol. The lowest BCUT2D eigenvalue weighted by Crippen LogP contribution is -2.17. The van der Waals surface area contributed by atoms with Crippen LogP contribution < -0.4 is 4.74 Å². The Morgan fingerprint density at radius 3 is 1.75 bits per heavy atom. The molecule has 128 valence electrons. The predicted molar refractivity (Wildman–Crippen MR) is 82.5 cm³/mol. The van der Waals surface area contributed by atoms with Gasteiger partial charge in [0.25, 0.3) is 0 Å². The molecule has 0 bridgehead atoms. The van der Waals surface area contributed by atoms with Crippen LogP contribution in [-0.4, -0.2) is 48.0 Å². The van der Waals surface area contributed by atoms with Crippen LogP contribution in [0.25, 0.3) is 0 Å². The maximum absolute atomic E-state index is 11.9. The van der Waals surface area contributed by atoms with Gasteiger partial charge in [-0.25, -0.2) is 9.59 Å². The summed E-state index contributed by atoms with van der Waals surface area (Å²) in [4.78, 5) is 23.9. The number of carbonyl (C=O) groups excluding carboxylic acids is 2. The molecule has 0 fully saturated rings. The van der Waals surface area contributed by atoms with E-state index >= 15 is 0 Å². The van der Waals surface area contributed by atoms with Crippen LogP contribution in [0.5, 0.6) is 17.2 Å². The molecule has 0 amide bonds. The lowest BCUT2D eigenvalue weighted by Gasteiger charge is -2.11. The molecule has 1 heterocycles. The number of methoxy groups -OCH3 is 3. The third-order valence-electron chi connectivity index (χ3n) is 3.47. The third-order valence-corrected chi connectivity index (χ3v) is 3.47. The third kappa shape index (κ3) is 2.98. The van der Waals surface area contributed by atoms with E-state index in [1.165, 1.54) is 7.11 Å². The zero-order chi connectivity index (χ0) is 17.9. The van der Waals surface area contributed by atoms with Crippen LogP contribution >= 0.6 is 0 Å². The van der Waals surface area contributed by atoms with Crippen LogP contribution in [-0.2, 0) is 16.0 Å². The van der Waals surface area contributed by atoms with Crippen LogP contribution in [0.4, 0.5) is 0 Å². The Morgan fingerprint density at radius 1 is 0.917 bits per heavy atom. The summed E-state index contributed by atoms with van der Waals surface area (Å²) in [5.41, 5.74) is 0.0125. The Morgan fingerprint density at radius 2 is 1.38 bits per heavy atom. The second kappa shape index (κ2) is 6.95. The Labute approximate surface area is 137 Å². The van der Waals surface area contributed by atoms with Crippen molar-refractivity contribution in [2.24, 2.45) is 0 Å². The van der Waals surface area contributed by atoms with Gasteiger partial charge < -0.3 is 29.0 Å². The van der Waals surface area contributed by atoms with E-state index < -0.39 is 23.4 Å². The Bertz CT molecular complexity index is 722. The van der Waals surface area contributed by atoms with Gasteiger partial charge in [0.1, 0.15) is 5.75 Å². The molecule has 0 aliphatic rings. The molecule has 8 heteroatoms. The Kier molecular flexibility index (Phi) is 4.98. The van der Waals surface area contributed by atoms with E-state index in [0.29, 0.717) is 11.3 Å². The van der Waals surface area contributed by atoms with Gasteiger partial charge in [0.2, 0.25) is 0 Å². The average molecular weight is 335 g/mol. The lowest BCUT2D eigenvalue weighted by atomic mass is 10.2. The topological polar surface area (TPSA) is 107 Å². The summed E-state index contributed by atoms with van der Waals surface area (Å²) < 4.78 is 15.4. The Balaban J connectivity index is 2.57. The number of rotatable bonds is 5. The van der Waals surface area contributed by atoms with Crippen molar-refractivity contribution in [1.29, 1.82) is 0 Å². The number of ether oxygens (including phenoxy) is 3. The van der Waals surface area contributed by atoms with Gasteiger partial charge in [-0.3, -0.25) is 0 Å². The first-order chi connectivity index (χ1) is 11.4. The zero-order valence-electron chi connectivity index (χ0n) is 13.4. The van der Waals surface area contributed by atoms with Crippen LogP contribution in [0.3, 0.4) is 0 Å². The molecule has 1 aromatic carbocycles. The van der Waals surface area contributed by atoms with Gasteiger partial charge in [0, 0.05) is 6.54 Å². The molecule has 0 saturated carbocycles. The van der Waals surface area contributed by atoms with E-state index in [2.05, 4.69) is 9.47 Å². The highest BCUT2D eigenvalue weighted by atomic mass is 16.5. The van der Waals surface area contributed by atoms with E-state index in [0.717, 1.165) is 18.8 Å². The molecule has 0 aliphatic heterocycles. The van der Waals surface area contributed by atoms with Crippen molar-refractivity contribution in [2.45, 2.75) is 6.54 Å². The minimum absolute atomic E-state index is 0.0208. The highest BCUT2D eigenvalue weighted by molar-refractivity contribution is 5.99. The normalized spacial score (nSPS) is 10.3. The number of hydrogen-bond donors (Lipinski definition) is 2. The van der Waals surface area contributed by atoms with Gasteiger partial charge in [-0.05, 0) is 17.7 Å². The van der Waals surface area contributed by atoms with E-state index in [4.69, 9.17) is 4.74 Å². The van der Waals surface area contributed by atoms with Gasteiger partial charge >= 0.3 is 11.9 Å². The number of aromatic nitrogens is 1. The smallest absolute Gasteiger partial charge is 0.358 e. The van der Waals surface area contributed by atoms with Crippen molar-refractivity contribution < 1.29 is 34.0 Å². The second-order valence-corrected chi connectivity index (χ2v) is 4.81. The first kappa shape index (κ1) is 17.2. The van der Waals surface area contributed by atoms with Gasteiger partial charge in [-0.15, -0.1) is 0 Å². The van der Waals surface area contributed by atoms with Crippen molar-refractivity contribution in [2.75, 3.05) is 21.3 Å². The summed E-state index contributed by atoms with van der Waals surface area (Å²) in [6.45, 7) is 0.0208. The molecule has 8 nitrogen and oxygen atoms in total. The number of carbonyl (C=O) groups is 2. The van der Waals surface area contributed by atoms with Gasteiger partial charge in [-0.2, -0.15) is 0 Å². The van der Waals surface area contributed by atoms with E-state index in [9.17, 15) is 19.8 Å². The van der Waals surface area contributed by atoms with Gasteiger partial charge in [0.05, 0.1) is 21.3 Å². The minimum Gasteiger partial charge on any atom is -0.503 e. The largest absolute Gasteiger partial charge is 0.503 e. The number of benzene rings is 1. The number of hydrogen-bond acceptors (Lipinski definition) is 7. The standard InChI is InChI=1S/C16H17NO7/c1-22-10-6-4-9(5-7-10)8-17-11(15(20)23-2)13(18)14(19)12(17)16(21)24-3/h4-7,18-19H,8H2,1-3H3. The molecule has 0 unspecified atom stereocenters. The number of nitrogens with zero attached hydrogens (tertiary/aromatic N) is 1. The van der Waals surface area contributed by atoms with E-state index in [1.54, 1.807) is 24.3 Å². The highest BCUT2D eigenvalue weighted by Gasteiger charge is 2.31. The molecular formula is C16H17NO7. The molecule has 2 rings (SSSR count). The van der Waals surface area contributed by atoms with Crippen molar-refractivity contribution in [1.82, 2.24) is 4.57 Å². The quantitative estimate of drug-likeness (QED) is 0.798. The maximum Gasteiger partial charge on any atom is 0.358 e. The molecule has 24 heavy (non-hydrogen) atoms. The highest BCUT2D eigenvalue weighted by Crippen LogP contribution is 2.37. The second-order valence-electron chi connectivity index (χ2n) is 4.81. The first-order valence-corrected chi connectivity index (χ1v) is 6.88. The molecule has 0 radical (unpaired) electrons. The molecule has 0 spiro atoms. The predicted octanol–water partition coefficient (Wildman–Crippen LogP) is 1.53. The Hall–Kier alpha value is -3.16. The van der Waals surface area contributed by atoms with Crippen LogP contribution in [0.2, 0.25) is 0 Å². The van der Waals surface area contributed by atoms with Crippen LogP contribution in [0.15, 0.2) is 24.3 Å². The molecule has 2 N–H and O–H groups in total. The zero-order valence-corrected chi connectivity index (χ0v) is 13.4. The molecule has 2 aromatic rings. The summed E-state index contributed by atoms with van der Waals surface area (Å²) in [6.07, 6.45) is 0. The summed E-state index contributed by atoms with van der Waals surface area (Å²) in [7, 11) is 3.78. The molecule has 0 aliphatic carbocycles. The van der Waals surface area contributed by atoms with Crippen molar-refractivity contribution in [3.63, 3.8) is 0 Å². The summed E-state index contributed by atoms with van der Waals surface area (Å²) in [5.74, 6) is -2.64. The average Bonchev–Trinajstić information content (AvgIpc) is 2.85. The van der Waals surface area contributed by atoms with Crippen LogP contribution in [0, 0.1) is 0 Å². The van der Waals surface area contributed by atoms with E-state index in [-0.39, 0.29) is 17.9 Å². The van der Waals surface area contributed by atoms with E-state index in [1.807, 2.05) is 0 Å². The molecule has 0 saturated heterocycles. The minimum atomic E-state index is -0.897. The van der Waals surface area contributed by atoms with Crippen molar-refractivity contribution >= 4 is 11.9 Å². The number of esters is 2. The lowest BCUT2D eigenvalue weighted by molar-refractivity contribution is 0.0576. The fourth-order valence-corrected chi connectivity index (χ4v) is 2.27. The fraction of sp³-hybridized carbons (Fsp3) is 0.250. The first-order valence-electron chi connectivity index (χ1n) is 6.88. The van der Waals surface area contributed by atoms with Gasteiger partial charge in [-0.1, -0.05) is 12.1 Å². The van der Waals surface area contributed by atoms with Crippen LogP contribution in [0.1, 0.15) is 26.5 Å². The van der Waals surface area contributed by atoms with Crippen molar-refractivity contribution in [3.05, 3.63) is 41.2 Å². The maximum atomic E-state index is 11.9. The van der Waals surface area contributed by atoms with Gasteiger partial charge in [0.15, 0.2) is 22.9 Å². The summed E-state index contributed by atoms with van der Waals surface area (Å²) in [6, 6.07) is 6.84. The fourth-order valence-electron chi connectivity index (χ4n) is 2.27. The summed E-state index contributed by atoms with van der Waals surface area (Å²) >= 11 is 0. The number of aromatic hydroxyl groups is 2. The SMILES string of the molecule is COC(=O)c1c(O)c(O)c(C(=O)OC)n1Cc1ccc(OC)cc1. The molecule has 1 aromatic heterocycles. The summed E-state index contributed by atoms with van der Waals surface area (Å²) in [5, 5.41) is 20.0. The molecule has 0 atom stereocenters. The van der Waals surface area contributed by atoms with Crippen molar-refractivity contribution in [3.8, 4) is 17.2 Å². The monoisotopic (exact) mass is 335 g/mol.